The molecule has 0 heterocycles. The Hall–Kier alpha value is -0.120. The maximum atomic E-state index is 5.56. The second-order valence-electron chi connectivity index (χ2n) is 6.76. The summed E-state index contributed by atoms with van der Waals surface area (Å²) in [6.07, 6.45) is 0.978. The minimum absolute atomic E-state index is 0.180. The first-order valence-electron chi connectivity index (χ1n) is 6.61. The molecule has 3 nitrogen and oxygen atoms in total. The van der Waals surface area contributed by atoms with Crippen molar-refractivity contribution in [2.24, 2.45) is 5.41 Å². The highest BCUT2D eigenvalue weighted by Gasteiger charge is 2.09. The molecule has 0 bridgehead atoms. The molecule has 0 aliphatic heterocycles. The van der Waals surface area contributed by atoms with Crippen molar-refractivity contribution in [1.82, 2.24) is 5.32 Å². The first kappa shape index (κ1) is 16.9. The molecule has 0 aromatic heterocycles. The van der Waals surface area contributed by atoms with Crippen LogP contribution in [0.4, 0.5) is 0 Å². The highest BCUT2D eigenvalue weighted by Crippen LogP contribution is 2.12. The van der Waals surface area contributed by atoms with Gasteiger partial charge in [-0.1, -0.05) is 20.8 Å². The van der Waals surface area contributed by atoms with Gasteiger partial charge in [-0.05, 0) is 32.6 Å². The number of ether oxygens (including phenoxy) is 2. The number of nitrogens with one attached hydrogen (secondary N) is 1. The van der Waals surface area contributed by atoms with Crippen LogP contribution < -0.4 is 5.32 Å². The van der Waals surface area contributed by atoms with Gasteiger partial charge in [0.1, 0.15) is 0 Å². The predicted octanol–water partition coefficient (Wildman–Crippen LogP) is 2.84. The molecule has 0 spiro atoms. The molecule has 0 unspecified atom stereocenters. The topological polar surface area (TPSA) is 30.5 Å². The maximum absolute atomic E-state index is 5.56. The first-order valence-corrected chi connectivity index (χ1v) is 6.61. The number of rotatable bonds is 8. The van der Waals surface area contributed by atoms with E-state index in [2.05, 4.69) is 46.9 Å². The van der Waals surface area contributed by atoms with E-state index in [9.17, 15) is 0 Å². The summed E-state index contributed by atoms with van der Waals surface area (Å²) >= 11 is 0. The van der Waals surface area contributed by atoms with Gasteiger partial charge in [0, 0.05) is 25.3 Å². The fourth-order valence-electron chi connectivity index (χ4n) is 1.24. The fraction of sp³-hybridized carbons (Fsp3) is 1.00. The molecule has 0 atom stereocenters. The van der Waals surface area contributed by atoms with E-state index < -0.39 is 0 Å². The minimum Gasteiger partial charge on any atom is -0.381 e. The van der Waals surface area contributed by atoms with Gasteiger partial charge in [-0.2, -0.15) is 0 Å². The lowest BCUT2D eigenvalue weighted by molar-refractivity contribution is 0.0482. The molecule has 104 valence electrons. The summed E-state index contributed by atoms with van der Waals surface area (Å²) in [5, 5.41) is 3.39. The van der Waals surface area contributed by atoms with Gasteiger partial charge in [0.15, 0.2) is 0 Å². The van der Waals surface area contributed by atoms with Crippen molar-refractivity contribution in [2.75, 3.05) is 33.0 Å². The molecule has 0 aliphatic rings. The lowest BCUT2D eigenvalue weighted by atomic mass is 9.99. The third-order valence-corrected chi connectivity index (χ3v) is 2.01. The van der Waals surface area contributed by atoms with Crippen molar-refractivity contribution in [1.29, 1.82) is 0 Å². The van der Waals surface area contributed by atoms with E-state index in [4.69, 9.17) is 9.47 Å². The SMILES string of the molecule is CC(C)(C)COCCCOCCNC(C)(C)C. The minimum atomic E-state index is 0.180. The molecule has 0 aromatic rings. The summed E-state index contributed by atoms with van der Waals surface area (Å²) in [6.45, 7) is 17.1. The Morgan fingerprint density at radius 1 is 0.824 bits per heavy atom. The zero-order valence-corrected chi connectivity index (χ0v) is 12.6. The van der Waals surface area contributed by atoms with Crippen LogP contribution in [0.3, 0.4) is 0 Å². The van der Waals surface area contributed by atoms with Crippen LogP contribution in [0.2, 0.25) is 0 Å². The molecule has 17 heavy (non-hydrogen) atoms. The largest absolute Gasteiger partial charge is 0.381 e. The van der Waals surface area contributed by atoms with Crippen molar-refractivity contribution < 1.29 is 9.47 Å². The average Bonchev–Trinajstić information content (AvgIpc) is 2.11. The summed E-state index contributed by atoms with van der Waals surface area (Å²) in [7, 11) is 0. The van der Waals surface area contributed by atoms with E-state index >= 15 is 0 Å². The Bertz CT molecular complexity index is 160. The van der Waals surface area contributed by atoms with Crippen molar-refractivity contribution in [3.8, 4) is 0 Å². The lowest BCUT2D eigenvalue weighted by Gasteiger charge is -2.20. The number of hydrogen-bond acceptors (Lipinski definition) is 3. The molecule has 0 saturated carbocycles. The van der Waals surface area contributed by atoms with Crippen LogP contribution in [-0.4, -0.2) is 38.5 Å². The molecule has 0 saturated heterocycles. The molecule has 0 radical (unpaired) electrons. The van der Waals surface area contributed by atoms with Crippen LogP contribution in [0.5, 0.6) is 0 Å². The monoisotopic (exact) mass is 245 g/mol. The van der Waals surface area contributed by atoms with Crippen LogP contribution >= 0.6 is 0 Å². The van der Waals surface area contributed by atoms with Crippen molar-refractivity contribution in [3.05, 3.63) is 0 Å². The van der Waals surface area contributed by atoms with Crippen LogP contribution in [0, 0.1) is 5.41 Å². The Labute approximate surface area is 107 Å². The zero-order chi connectivity index (χ0) is 13.4. The summed E-state index contributed by atoms with van der Waals surface area (Å²) in [5.41, 5.74) is 0.441. The molecular formula is C14H31NO2. The quantitative estimate of drug-likeness (QED) is 0.667. The average molecular weight is 245 g/mol. The fourth-order valence-corrected chi connectivity index (χ4v) is 1.24. The van der Waals surface area contributed by atoms with E-state index in [1.165, 1.54) is 0 Å². The lowest BCUT2D eigenvalue weighted by Crippen LogP contribution is -2.38. The predicted molar refractivity (Wildman–Crippen MR) is 73.5 cm³/mol. The smallest absolute Gasteiger partial charge is 0.0591 e. The number of hydrogen-bond donors (Lipinski definition) is 1. The zero-order valence-electron chi connectivity index (χ0n) is 12.6. The Morgan fingerprint density at radius 2 is 1.41 bits per heavy atom. The first-order chi connectivity index (χ1) is 7.71. The van der Waals surface area contributed by atoms with E-state index in [1.807, 2.05) is 0 Å². The van der Waals surface area contributed by atoms with Crippen molar-refractivity contribution in [3.63, 3.8) is 0 Å². The molecule has 0 aliphatic carbocycles. The van der Waals surface area contributed by atoms with Crippen LogP contribution in [-0.2, 0) is 9.47 Å². The van der Waals surface area contributed by atoms with E-state index in [0.717, 1.165) is 39.4 Å². The van der Waals surface area contributed by atoms with Crippen molar-refractivity contribution in [2.45, 2.75) is 53.5 Å². The standard InChI is InChI=1S/C14H31NO2/c1-13(2,3)12-17-10-7-9-16-11-8-15-14(4,5)6/h15H,7-12H2,1-6H3. The summed E-state index contributed by atoms with van der Waals surface area (Å²) < 4.78 is 11.1. The summed E-state index contributed by atoms with van der Waals surface area (Å²) in [5.74, 6) is 0. The molecule has 0 aromatic carbocycles. The van der Waals surface area contributed by atoms with E-state index in [1.54, 1.807) is 0 Å². The Balaban J connectivity index is 3.15. The van der Waals surface area contributed by atoms with Gasteiger partial charge >= 0.3 is 0 Å². The van der Waals surface area contributed by atoms with Gasteiger partial charge in [0.25, 0.3) is 0 Å². The highest BCUT2D eigenvalue weighted by atomic mass is 16.5. The van der Waals surface area contributed by atoms with Crippen LogP contribution in [0.25, 0.3) is 0 Å². The van der Waals surface area contributed by atoms with E-state index in [0.29, 0.717) is 0 Å². The van der Waals surface area contributed by atoms with E-state index in [-0.39, 0.29) is 11.0 Å². The Morgan fingerprint density at radius 3 is 1.94 bits per heavy atom. The van der Waals surface area contributed by atoms with Gasteiger partial charge in [0.05, 0.1) is 13.2 Å². The van der Waals surface area contributed by atoms with Gasteiger partial charge in [-0.25, -0.2) is 0 Å². The molecule has 0 rings (SSSR count). The summed E-state index contributed by atoms with van der Waals surface area (Å²) in [4.78, 5) is 0. The van der Waals surface area contributed by atoms with Crippen LogP contribution in [0.15, 0.2) is 0 Å². The highest BCUT2D eigenvalue weighted by molar-refractivity contribution is 4.69. The van der Waals surface area contributed by atoms with Gasteiger partial charge in [0.2, 0.25) is 0 Å². The molecule has 0 fully saturated rings. The second kappa shape index (κ2) is 8.06. The summed E-state index contributed by atoms with van der Waals surface area (Å²) in [6, 6.07) is 0. The van der Waals surface area contributed by atoms with Crippen molar-refractivity contribution >= 4 is 0 Å². The molecule has 1 N–H and O–H groups in total. The van der Waals surface area contributed by atoms with Crippen LogP contribution in [0.1, 0.15) is 48.0 Å². The third-order valence-electron chi connectivity index (χ3n) is 2.01. The third kappa shape index (κ3) is 15.9. The van der Waals surface area contributed by atoms with Gasteiger partial charge in [-0.3, -0.25) is 0 Å². The second-order valence-corrected chi connectivity index (χ2v) is 6.76. The molecule has 0 amide bonds. The van der Waals surface area contributed by atoms with Gasteiger partial charge < -0.3 is 14.8 Å². The van der Waals surface area contributed by atoms with Gasteiger partial charge in [-0.15, -0.1) is 0 Å². The maximum Gasteiger partial charge on any atom is 0.0591 e. The Kier molecular flexibility index (Phi) is 8.01. The molecule has 3 heteroatoms. The normalized spacial score (nSPS) is 13.1. The molecular weight excluding hydrogens is 214 g/mol.